The SMILES string of the molecule is O=S(=O)(CCc1ccccc1)[C@H]1CC[C@H](Nc2ncnc3[nH]ncc23)CC1. The predicted molar refractivity (Wildman–Crippen MR) is 105 cm³/mol. The minimum absolute atomic E-state index is 0.221. The van der Waals surface area contributed by atoms with E-state index < -0.39 is 9.84 Å². The molecule has 142 valence electrons. The summed E-state index contributed by atoms with van der Waals surface area (Å²) in [5.74, 6) is 0.977. The maximum absolute atomic E-state index is 12.7. The number of rotatable bonds is 6. The molecule has 0 spiro atoms. The Bertz CT molecular complexity index is 995. The standard InChI is InChI=1S/C19H23N5O2S/c25-27(26,11-10-14-4-2-1-3-5-14)16-8-6-15(7-9-16)23-18-17-12-22-24-19(17)21-13-20-18/h1-5,12-13,15-16H,6-11H2,(H2,20,21,22,23,24)/t15-,16-. The van der Waals surface area contributed by atoms with Crippen molar-refractivity contribution in [2.75, 3.05) is 11.1 Å². The average molecular weight is 385 g/mol. The Kier molecular flexibility index (Phi) is 5.07. The number of hydrogen-bond donors (Lipinski definition) is 2. The molecule has 8 heteroatoms. The van der Waals surface area contributed by atoms with E-state index in [0.29, 0.717) is 24.9 Å². The van der Waals surface area contributed by atoms with Crippen LogP contribution in [0.2, 0.25) is 0 Å². The summed E-state index contributed by atoms with van der Waals surface area (Å²) in [6.07, 6.45) is 6.81. The van der Waals surface area contributed by atoms with Gasteiger partial charge < -0.3 is 5.32 Å². The molecule has 0 radical (unpaired) electrons. The van der Waals surface area contributed by atoms with E-state index in [1.165, 1.54) is 6.33 Å². The van der Waals surface area contributed by atoms with Gasteiger partial charge in [0.1, 0.15) is 12.1 Å². The molecule has 0 amide bonds. The van der Waals surface area contributed by atoms with Crippen LogP contribution >= 0.6 is 0 Å². The number of H-pyrrole nitrogens is 1. The molecule has 2 aromatic heterocycles. The van der Waals surface area contributed by atoms with E-state index in [-0.39, 0.29) is 17.0 Å². The maximum atomic E-state index is 12.7. The molecule has 0 bridgehead atoms. The number of nitrogens with zero attached hydrogens (tertiary/aromatic N) is 3. The summed E-state index contributed by atoms with van der Waals surface area (Å²) >= 11 is 0. The lowest BCUT2D eigenvalue weighted by Crippen LogP contribution is -2.34. The molecule has 0 atom stereocenters. The number of benzene rings is 1. The molecule has 27 heavy (non-hydrogen) atoms. The topological polar surface area (TPSA) is 101 Å². The monoisotopic (exact) mass is 385 g/mol. The minimum atomic E-state index is -3.07. The van der Waals surface area contributed by atoms with Gasteiger partial charge in [0.15, 0.2) is 15.5 Å². The fraction of sp³-hybridized carbons (Fsp3) is 0.421. The van der Waals surface area contributed by atoms with Crippen LogP contribution in [-0.2, 0) is 16.3 Å². The zero-order valence-electron chi connectivity index (χ0n) is 15.0. The van der Waals surface area contributed by atoms with Crippen molar-refractivity contribution in [2.45, 2.75) is 43.4 Å². The molecule has 7 nitrogen and oxygen atoms in total. The Morgan fingerprint density at radius 2 is 1.85 bits per heavy atom. The van der Waals surface area contributed by atoms with Crippen molar-refractivity contribution >= 4 is 26.7 Å². The van der Waals surface area contributed by atoms with Crippen LogP contribution in [-0.4, -0.2) is 45.6 Å². The first kappa shape index (κ1) is 17.9. The van der Waals surface area contributed by atoms with Crippen LogP contribution in [0.3, 0.4) is 0 Å². The van der Waals surface area contributed by atoms with Crippen molar-refractivity contribution in [3.05, 3.63) is 48.4 Å². The average Bonchev–Trinajstić information content (AvgIpc) is 3.18. The van der Waals surface area contributed by atoms with Gasteiger partial charge in [0, 0.05) is 6.04 Å². The number of aryl methyl sites for hydroxylation is 1. The summed E-state index contributed by atoms with van der Waals surface area (Å²) in [5.41, 5.74) is 1.77. The fourth-order valence-corrected chi connectivity index (χ4v) is 5.55. The smallest absolute Gasteiger partial charge is 0.160 e. The molecular formula is C19H23N5O2S. The fourth-order valence-electron chi connectivity index (χ4n) is 3.71. The number of sulfone groups is 1. The second kappa shape index (κ2) is 7.64. The molecule has 1 fully saturated rings. The van der Waals surface area contributed by atoms with Gasteiger partial charge >= 0.3 is 0 Å². The minimum Gasteiger partial charge on any atom is -0.367 e. The van der Waals surface area contributed by atoms with Gasteiger partial charge in [0.2, 0.25) is 0 Å². The summed E-state index contributed by atoms with van der Waals surface area (Å²) < 4.78 is 25.4. The molecule has 2 heterocycles. The third-order valence-electron chi connectivity index (χ3n) is 5.29. The lowest BCUT2D eigenvalue weighted by molar-refractivity contribution is 0.451. The molecule has 0 aliphatic heterocycles. The van der Waals surface area contributed by atoms with Crippen molar-refractivity contribution in [2.24, 2.45) is 0 Å². The number of anilines is 1. The molecule has 1 saturated carbocycles. The van der Waals surface area contributed by atoms with Gasteiger partial charge in [-0.05, 0) is 37.7 Å². The summed E-state index contributed by atoms with van der Waals surface area (Å²) in [6.45, 7) is 0. The zero-order chi connectivity index (χ0) is 18.7. The summed E-state index contributed by atoms with van der Waals surface area (Å²) in [7, 11) is -3.07. The van der Waals surface area contributed by atoms with E-state index in [2.05, 4.69) is 25.5 Å². The molecule has 3 aromatic rings. The number of hydrogen-bond acceptors (Lipinski definition) is 6. The highest BCUT2D eigenvalue weighted by Gasteiger charge is 2.30. The van der Waals surface area contributed by atoms with E-state index in [1.54, 1.807) is 6.20 Å². The highest BCUT2D eigenvalue weighted by Crippen LogP contribution is 2.28. The van der Waals surface area contributed by atoms with E-state index in [0.717, 1.165) is 29.6 Å². The number of aromatic nitrogens is 4. The van der Waals surface area contributed by atoms with Crippen molar-refractivity contribution in [1.82, 2.24) is 20.2 Å². The van der Waals surface area contributed by atoms with Crippen LogP contribution < -0.4 is 5.32 Å². The molecule has 2 N–H and O–H groups in total. The summed E-state index contributed by atoms with van der Waals surface area (Å²) in [6, 6.07) is 10.0. The normalized spacial score (nSPS) is 20.6. The first-order valence-corrected chi connectivity index (χ1v) is 11.0. The highest BCUT2D eigenvalue weighted by atomic mass is 32.2. The van der Waals surface area contributed by atoms with E-state index >= 15 is 0 Å². The Labute approximate surface area is 158 Å². The van der Waals surface area contributed by atoms with E-state index in [1.807, 2.05) is 30.3 Å². The molecule has 1 aliphatic carbocycles. The van der Waals surface area contributed by atoms with Crippen LogP contribution in [0.5, 0.6) is 0 Å². The Balaban J connectivity index is 1.33. The second-order valence-corrected chi connectivity index (χ2v) is 9.48. The van der Waals surface area contributed by atoms with Gasteiger partial charge in [0.05, 0.1) is 22.6 Å². The quantitative estimate of drug-likeness (QED) is 0.677. The first-order valence-electron chi connectivity index (χ1n) is 9.28. The molecule has 1 aromatic carbocycles. The van der Waals surface area contributed by atoms with Crippen LogP contribution in [0, 0.1) is 0 Å². The third-order valence-corrected chi connectivity index (χ3v) is 7.55. The molecule has 0 saturated heterocycles. The van der Waals surface area contributed by atoms with E-state index in [9.17, 15) is 8.42 Å². The lowest BCUT2D eigenvalue weighted by atomic mass is 9.95. The van der Waals surface area contributed by atoms with E-state index in [4.69, 9.17) is 0 Å². The predicted octanol–water partition coefficient (Wildman–Crippen LogP) is 2.73. The van der Waals surface area contributed by atoms with Crippen LogP contribution in [0.1, 0.15) is 31.2 Å². The van der Waals surface area contributed by atoms with Gasteiger partial charge in [0.25, 0.3) is 0 Å². The van der Waals surface area contributed by atoms with Crippen LogP contribution in [0.4, 0.5) is 5.82 Å². The Hall–Kier alpha value is -2.48. The maximum Gasteiger partial charge on any atom is 0.160 e. The summed E-state index contributed by atoms with van der Waals surface area (Å²) in [4.78, 5) is 8.44. The molecule has 1 aliphatic rings. The highest BCUT2D eigenvalue weighted by molar-refractivity contribution is 7.92. The molecular weight excluding hydrogens is 362 g/mol. The van der Waals surface area contributed by atoms with Gasteiger partial charge in [-0.25, -0.2) is 18.4 Å². The van der Waals surface area contributed by atoms with Gasteiger partial charge in [-0.3, -0.25) is 5.10 Å². The van der Waals surface area contributed by atoms with Crippen LogP contribution in [0.15, 0.2) is 42.9 Å². The van der Waals surface area contributed by atoms with Crippen molar-refractivity contribution < 1.29 is 8.42 Å². The Morgan fingerprint density at radius 3 is 2.63 bits per heavy atom. The lowest BCUT2D eigenvalue weighted by Gasteiger charge is -2.29. The zero-order valence-corrected chi connectivity index (χ0v) is 15.8. The van der Waals surface area contributed by atoms with Crippen molar-refractivity contribution in [3.63, 3.8) is 0 Å². The van der Waals surface area contributed by atoms with Crippen LogP contribution in [0.25, 0.3) is 11.0 Å². The molecule has 0 unspecified atom stereocenters. The van der Waals surface area contributed by atoms with Crippen molar-refractivity contribution in [1.29, 1.82) is 0 Å². The van der Waals surface area contributed by atoms with Gasteiger partial charge in [-0.15, -0.1) is 0 Å². The van der Waals surface area contributed by atoms with Crippen molar-refractivity contribution in [3.8, 4) is 0 Å². The summed E-state index contributed by atoms with van der Waals surface area (Å²) in [5, 5.41) is 10.9. The first-order chi connectivity index (χ1) is 13.1. The number of fused-ring (bicyclic) bond motifs is 1. The second-order valence-electron chi connectivity index (χ2n) is 7.08. The van der Waals surface area contributed by atoms with Gasteiger partial charge in [-0.2, -0.15) is 5.10 Å². The van der Waals surface area contributed by atoms with Gasteiger partial charge in [-0.1, -0.05) is 30.3 Å². The largest absolute Gasteiger partial charge is 0.367 e. The number of nitrogens with one attached hydrogen (secondary N) is 2. The Morgan fingerprint density at radius 1 is 1.07 bits per heavy atom. The number of aromatic amines is 1. The third kappa shape index (κ3) is 4.10. The molecule has 4 rings (SSSR count).